The van der Waals surface area contributed by atoms with Gasteiger partial charge in [-0.2, -0.15) is 0 Å². The Bertz CT molecular complexity index is 378. The maximum absolute atomic E-state index is 14.0. The van der Waals surface area contributed by atoms with Crippen molar-refractivity contribution >= 4 is 5.69 Å². The molecular formula is C14H21FN2. The number of nitrogens with two attached hydrogens (primary N) is 1. The van der Waals surface area contributed by atoms with E-state index in [1.165, 1.54) is 12.8 Å². The van der Waals surface area contributed by atoms with Crippen LogP contribution in [0.4, 0.5) is 10.1 Å². The van der Waals surface area contributed by atoms with Crippen LogP contribution in [0.25, 0.3) is 0 Å². The summed E-state index contributed by atoms with van der Waals surface area (Å²) in [6.07, 6.45) is 4.68. The third kappa shape index (κ3) is 2.60. The van der Waals surface area contributed by atoms with Crippen molar-refractivity contribution in [1.29, 1.82) is 0 Å². The molecule has 17 heavy (non-hydrogen) atoms. The zero-order valence-electron chi connectivity index (χ0n) is 10.5. The Morgan fingerprint density at radius 2 is 2.24 bits per heavy atom. The Labute approximate surface area is 103 Å². The first-order valence-electron chi connectivity index (χ1n) is 6.51. The molecule has 0 saturated carbocycles. The molecule has 1 saturated heterocycles. The minimum atomic E-state index is -0.131. The molecule has 0 spiro atoms. The van der Waals surface area contributed by atoms with Crippen molar-refractivity contribution in [3.8, 4) is 0 Å². The Hall–Kier alpha value is -1.09. The van der Waals surface area contributed by atoms with Gasteiger partial charge in [-0.05, 0) is 43.4 Å². The Kier molecular flexibility index (Phi) is 4.00. The molecule has 94 valence electrons. The topological polar surface area (TPSA) is 29.3 Å². The molecule has 2 rings (SSSR count). The highest BCUT2D eigenvalue weighted by Gasteiger charge is 2.23. The summed E-state index contributed by atoms with van der Waals surface area (Å²) in [5.41, 5.74) is 7.12. The SMILES string of the molecule is CCC1CCCCN1c1ccc(CN)cc1F. The first kappa shape index (κ1) is 12.4. The van der Waals surface area contributed by atoms with Crippen molar-refractivity contribution in [2.75, 3.05) is 11.4 Å². The molecule has 1 aliphatic heterocycles. The molecule has 0 bridgehead atoms. The molecule has 3 heteroatoms. The lowest BCUT2D eigenvalue weighted by Crippen LogP contribution is -2.39. The normalized spacial score (nSPS) is 20.6. The van der Waals surface area contributed by atoms with Gasteiger partial charge in [0.05, 0.1) is 5.69 Å². The molecule has 0 aliphatic carbocycles. The number of benzene rings is 1. The van der Waals surface area contributed by atoms with Crippen molar-refractivity contribution in [3.05, 3.63) is 29.6 Å². The second-order valence-electron chi connectivity index (χ2n) is 4.74. The summed E-state index contributed by atoms with van der Waals surface area (Å²) in [4.78, 5) is 2.22. The van der Waals surface area contributed by atoms with Crippen LogP contribution in [-0.4, -0.2) is 12.6 Å². The van der Waals surface area contributed by atoms with Crippen molar-refractivity contribution in [1.82, 2.24) is 0 Å². The summed E-state index contributed by atoms with van der Waals surface area (Å²) in [7, 11) is 0. The molecule has 0 aromatic heterocycles. The molecule has 0 radical (unpaired) electrons. The average molecular weight is 236 g/mol. The number of hydrogen-bond donors (Lipinski definition) is 1. The fourth-order valence-corrected chi connectivity index (χ4v) is 2.65. The molecule has 2 N–H and O–H groups in total. The van der Waals surface area contributed by atoms with Gasteiger partial charge in [-0.1, -0.05) is 13.0 Å². The molecule has 1 aromatic rings. The highest BCUT2D eigenvalue weighted by atomic mass is 19.1. The molecule has 1 aromatic carbocycles. The van der Waals surface area contributed by atoms with E-state index in [0.29, 0.717) is 12.6 Å². The minimum absolute atomic E-state index is 0.131. The molecule has 1 heterocycles. The third-order valence-electron chi connectivity index (χ3n) is 3.66. The first-order valence-corrected chi connectivity index (χ1v) is 6.51. The summed E-state index contributed by atoms with van der Waals surface area (Å²) in [6, 6.07) is 5.86. The largest absolute Gasteiger partial charge is 0.366 e. The van der Waals surface area contributed by atoms with Crippen molar-refractivity contribution in [2.24, 2.45) is 5.73 Å². The molecule has 1 atom stereocenters. The fraction of sp³-hybridized carbons (Fsp3) is 0.571. The van der Waals surface area contributed by atoms with Crippen molar-refractivity contribution in [2.45, 2.75) is 45.2 Å². The summed E-state index contributed by atoms with van der Waals surface area (Å²) in [5.74, 6) is -0.131. The van der Waals surface area contributed by atoms with Gasteiger partial charge >= 0.3 is 0 Å². The van der Waals surface area contributed by atoms with E-state index < -0.39 is 0 Å². The zero-order chi connectivity index (χ0) is 12.3. The molecule has 0 amide bonds. The van der Waals surface area contributed by atoms with Gasteiger partial charge < -0.3 is 10.6 Å². The van der Waals surface area contributed by atoms with Gasteiger partial charge in [-0.25, -0.2) is 4.39 Å². The standard InChI is InChI=1S/C14H21FN2/c1-2-12-5-3-4-8-17(12)14-7-6-11(10-16)9-13(14)15/h6-7,9,12H,2-5,8,10,16H2,1H3. The van der Waals surface area contributed by atoms with E-state index in [4.69, 9.17) is 5.73 Å². The molecule has 1 unspecified atom stereocenters. The molecular weight excluding hydrogens is 215 g/mol. The van der Waals surface area contributed by atoms with E-state index in [-0.39, 0.29) is 5.82 Å². The molecule has 2 nitrogen and oxygen atoms in total. The Balaban J connectivity index is 2.25. The maximum Gasteiger partial charge on any atom is 0.146 e. The number of piperidine rings is 1. The number of rotatable bonds is 3. The summed E-state index contributed by atoms with van der Waals surface area (Å²) < 4.78 is 14.0. The van der Waals surface area contributed by atoms with E-state index in [0.717, 1.165) is 30.6 Å². The summed E-state index contributed by atoms with van der Waals surface area (Å²) >= 11 is 0. The monoisotopic (exact) mass is 236 g/mol. The van der Waals surface area contributed by atoms with Crippen LogP contribution in [0.15, 0.2) is 18.2 Å². The van der Waals surface area contributed by atoms with Gasteiger partial charge in [0.25, 0.3) is 0 Å². The molecule has 1 fully saturated rings. The predicted molar refractivity (Wildman–Crippen MR) is 69.6 cm³/mol. The number of hydrogen-bond acceptors (Lipinski definition) is 2. The fourth-order valence-electron chi connectivity index (χ4n) is 2.65. The summed E-state index contributed by atoms with van der Waals surface area (Å²) in [5, 5.41) is 0. The smallest absolute Gasteiger partial charge is 0.146 e. The van der Waals surface area contributed by atoms with Gasteiger partial charge in [-0.3, -0.25) is 0 Å². The van der Waals surface area contributed by atoms with Gasteiger partial charge in [0.15, 0.2) is 0 Å². The van der Waals surface area contributed by atoms with Crippen molar-refractivity contribution in [3.63, 3.8) is 0 Å². The van der Waals surface area contributed by atoms with Crippen LogP contribution in [0.3, 0.4) is 0 Å². The highest BCUT2D eigenvalue weighted by Crippen LogP contribution is 2.29. The van der Waals surface area contributed by atoms with Crippen LogP contribution in [0.5, 0.6) is 0 Å². The van der Waals surface area contributed by atoms with Gasteiger partial charge in [0.2, 0.25) is 0 Å². The number of nitrogens with zero attached hydrogens (tertiary/aromatic N) is 1. The van der Waals surface area contributed by atoms with Gasteiger partial charge in [0.1, 0.15) is 5.82 Å². The lowest BCUT2D eigenvalue weighted by molar-refractivity contribution is 0.443. The highest BCUT2D eigenvalue weighted by molar-refractivity contribution is 5.50. The van der Waals surface area contributed by atoms with Crippen LogP contribution in [0, 0.1) is 5.82 Å². The minimum Gasteiger partial charge on any atom is -0.366 e. The lowest BCUT2D eigenvalue weighted by atomic mass is 9.99. The van der Waals surface area contributed by atoms with Crippen LogP contribution in [0.1, 0.15) is 38.2 Å². The van der Waals surface area contributed by atoms with Crippen molar-refractivity contribution < 1.29 is 4.39 Å². The van der Waals surface area contributed by atoms with E-state index in [1.807, 2.05) is 12.1 Å². The number of anilines is 1. The van der Waals surface area contributed by atoms with Gasteiger partial charge in [0, 0.05) is 19.1 Å². The second kappa shape index (κ2) is 5.50. The van der Waals surface area contributed by atoms with Gasteiger partial charge in [-0.15, -0.1) is 0 Å². The van der Waals surface area contributed by atoms with E-state index >= 15 is 0 Å². The maximum atomic E-state index is 14.0. The zero-order valence-corrected chi connectivity index (χ0v) is 10.5. The van der Waals surface area contributed by atoms with E-state index in [2.05, 4.69) is 11.8 Å². The van der Waals surface area contributed by atoms with Crippen LogP contribution >= 0.6 is 0 Å². The van der Waals surface area contributed by atoms with E-state index in [9.17, 15) is 4.39 Å². The molecule has 1 aliphatic rings. The average Bonchev–Trinajstić information content (AvgIpc) is 2.38. The van der Waals surface area contributed by atoms with E-state index in [1.54, 1.807) is 6.07 Å². The third-order valence-corrected chi connectivity index (χ3v) is 3.66. The van der Waals surface area contributed by atoms with Crippen LogP contribution < -0.4 is 10.6 Å². The van der Waals surface area contributed by atoms with Crippen LogP contribution in [0.2, 0.25) is 0 Å². The Morgan fingerprint density at radius 3 is 2.88 bits per heavy atom. The predicted octanol–water partition coefficient (Wildman–Crippen LogP) is 3.05. The summed E-state index contributed by atoms with van der Waals surface area (Å²) in [6.45, 7) is 3.54. The number of halogens is 1. The quantitative estimate of drug-likeness (QED) is 0.874. The first-order chi connectivity index (χ1) is 8.26. The second-order valence-corrected chi connectivity index (χ2v) is 4.74. The lowest BCUT2D eigenvalue weighted by Gasteiger charge is -2.37. The van der Waals surface area contributed by atoms with Crippen LogP contribution in [-0.2, 0) is 6.54 Å². The Morgan fingerprint density at radius 1 is 1.41 bits per heavy atom.